The number of methoxy groups -OCH3 is 3. The molecule has 0 atom stereocenters. The van der Waals surface area contributed by atoms with Crippen molar-refractivity contribution in [2.75, 3.05) is 32.8 Å². The molecule has 0 spiro atoms. The van der Waals surface area contributed by atoms with Crippen molar-refractivity contribution in [1.82, 2.24) is 4.98 Å². The van der Waals surface area contributed by atoms with Crippen LogP contribution in [0.15, 0.2) is 36.5 Å². The van der Waals surface area contributed by atoms with Gasteiger partial charge >= 0.3 is 0 Å². The lowest BCUT2D eigenvalue weighted by Gasteiger charge is -2.24. The number of hydrogen-bond donors (Lipinski definition) is 0. The number of ether oxygens (including phenoxy) is 3. The van der Waals surface area contributed by atoms with Crippen LogP contribution in [0.3, 0.4) is 0 Å². The summed E-state index contributed by atoms with van der Waals surface area (Å²) in [6, 6.07) is 9.96. The maximum atomic E-state index is 5.45. The van der Waals surface area contributed by atoms with Crippen LogP contribution in [-0.4, -0.2) is 32.9 Å². The van der Waals surface area contributed by atoms with E-state index in [1.165, 1.54) is 0 Å². The standard InChI is InChI=1S/C19H26N2O3/c1-5-6-11-21(18-9-7-8-10-20-18)14-15-12-16(22-2)19(24-4)17(13-15)23-3/h7-10,12-13H,5-6,11,14H2,1-4H3. The Labute approximate surface area is 144 Å². The Morgan fingerprint density at radius 1 is 1.00 bits per heavy atom. The van der Waals surface area contributed by atoms with Crippen LogP contribution in [0.5, 0.6) is 17.2 Å². The number of aromatic nitrogens is 1. The lowest BCUT2D eigenvalue weighted by molar-refractivity contribution is 0.323. The van der Waals surface area contributed by atoms with Gasteiger partial charge in [-0.15, -0.1) is 0 Å². The van der Waals surface area contributed by atoms with Crippen LogP contribution >= 0.6 is 0 Å². The van der Waals surface area contributed by atoms with Crippen molar-refractivity contribution in [3.63, 3.8) is 0 Å². The summed E-state index contributed by atoms with van der Waals surface area (Å²) in [5.41, 5.74) is 1.09. The topological polar surface area (TPSA) is 43.8 Å². The molecule has 0 saturated carbocycles. The summed E-state index contributed by atoms with van der Waals surface area (Å²) in [4.78, 5) is 6.75. The molecule has 0 saturated heterocycles. The first-order valence-corrected chi connectivity index (χ1v) is 8.18. The van der Waals surface area contributed by atoms with Crippen LogP contribution in [0.25, 0.3) is 0 Å². The maximum absolute atomic E-state index is 5.45. The molecule has 5 heteroatoms. The Hall–Kier alpha value is -2.43. The highest BCUT2D eigenvalue weighted by Gasteiger charge is 2.15. The summed E-state index contributed by atoms with van der Waals surface area (Å²) >= 11 is 0. The zero-order valence-electron chi connectivity index (χ0n) is 14.9. The van der Waals surface area contributed by atoms with E-state index in [0.717, 1.165) is 37.3 Å². The quantitative estimate of drug-likeness (QED) is 0.697. The first-order valence-electron chi connectivity index (χ1n) is 8.18. The van der Waals surface area contributed by atoms with E-state index in [-0.39, 0.29) is 0 Å². The number of nitrogens with zero attached hydrogens (tertiary/aromatic N) is 2. The summed E-state index contributed by atoms with van der Waals surface area (Å²) < 4.78 is 16.3. The van der Waals surface area contributed by atoms with E-state index in [2.05, 4.69) is 16.8 Å². The minimum Gasteiger partial charge on any atom is -0.493 e. The van der Waals surface area contributed by atoms with E-state index in [1.807, 2.05) is 36.5 Å². The largest absolute Gasteiger partial charge is 0.493 e. The third-order valence-corrected chi connectivity index (χ3v) is 3.85. The van der Waals surface area contributed by atoms with Crippen LogP contribution in [0.1, 0.15) is 25.3 Å². The molecular formula is C19H26N2O3. The fourth-order valence-electron chi connectivity index (χ4n) is 2.61. The van der Waals surface area contributed by atoms with E-state index >= 15 is 0 Å². The zero-order valence-corrected chi connectivity index (χ0v) is 14.9. The Kier molecular flexibility index (Phi) is 6.73. The highest BCUT2D eigenvalue weighted by atomic mass is 16.5. The molecule has 24 heavy (non-hydrogen) atoms. The molecule has 0 bridgehead atoms. The van der Waals surface area contributed by atoms with Gasteiger partial charge in [0.15, 0.2) is 11.5 Å². The minimum atomic E-state index is 0.613. The monoisotopic (exact) mass is 330 g/mol. The third kappa shape index (κ3) is 4.31. The van der Waals surface area contributed by atoms with Crippen LogP contribution in [-0.2, 0) is 6.54 Å². The van der Waals surface area contributed by atoms with Crippen molar-refractivity contribution >= 4 is 5.82 Å². The van der Waals surface area contributed by atoms with Gasteiger partial charge in [0.05, 0.1) is 21.3 Å². The SMILES string of the molecule is CCCCN(Cc1cc(OC)c(OC)c(OC)c1)c1ccccn1. The van der Waals surface area contributed by atoms with Gasteiger partial charge in [-0.2, -0.15) is 0 Å². The molecule has 2 rings (SSSR count). The molecule has 5 nitrogen and oxygen atoms in total. The Bertz CT molecular complexity index is 607. The summed E-state index contributed by atoms with van der Waals surface area (Å²) in [7, 11) is 4.88. The lowest BCUT2D eigenvalue weighted by atomic mass is 10.1. The lowest BCUT2D eigenvalue weighted by Crippen LogP contribution is -2.24. The molecular weight excluding hydrogens is 304 g/mol. The molecule has 130 valence electrons. The number of hydrogen-bond acceptors (Lipinski definition) is 5. The van der Waals surface area contributed by atoms with Crippen molar-refractivity contribution in [2.24, 2.45) is 0 Å². The Morgan fingerprint density at radius 2 is 1.71 bits per heavy atom. The van der Waals surface area contributed by atoms with Gasteiger partial charge in [0, 0.05) is 19.3 Å². The molecule has 1 aromatic heterocycles. The average Bonchev–Trinajstić information content (AvgIpc) is 2.64. The van der Waals surface area contributed by atoms with E-state index in [4.69, 9.17) is 14.2 Å². The van der Waals surface area contributed by atoms with Crippen LogP contribution in [0.2, 0.25) is 0 Å². The fraction of sp³-hybridized carbons (Fsp3) is 0.421. The zero-order chi connectivity index (χ0) is 17.4. The van der Waals surface area contributed by atoms with Crippen molar-refractivity contribution in [1.29, 1.82) is 0 Å². The van der Waals surface area contributed by atoms with Gasteiger partial charge in [-0.05, 0) is 36.2 Å². The van der Waals surface area contributed by atoms with Crippen molar-refractivity contribution in [2.45, 2.75) is 26.3 Å². The van der Waals surface area contributed by atoms with E-state index in [9.17, 15) is 0 Å². The molecule has 0 aliphatic rings. The predicted molar refractivity (Wildman–Crippen MR) is 96.3 cm³/mol. The molecule has 0 radical (unpaired) electrons. The third-order valence-electron chi connectivity index (χ3n) is 3.85. The second kappa shape index (κ2) is 9.01. The molecule has 1 aromatic carbocycles. The van der Waals surface area contributed by atoms with Crippen LogP contribution in [0.4, 0.5) is 5.82 Å². The second-order valence-corrected chi connectivity index (χ2v) is 5.50. The van der Waals surface area contributed by atoms with Crippen molar-refractivity contribution < 1.29 is 14.2 Å². The number of pyridine rings is 1. The highest BCUT2D eigenvalue weighted by Crippen LogP contribution is 2.38. The summed E-state index contributed by atoms with van der Waals surface area (Å²) in [5, 5.41) is 0. The van der Waals surface area contributed by atoms with Gasteiger partial charge in [-0.25, -0.2) is 4.98 Å². The van der Waals surface area contributed by atoms with E-state index in [1.54, 1.807) is 21.3 Å². The first kappa shape index (κ1) is 17.9. The molecule has 0 aliphatic heterocycles. The Balaban J connectivity index is 2.31. The summed E-state index contributed by atoms with van der Waals surface area (Å²) in [5.74, 6) is 2.92. The molecule has 0 N–H and O–H groups in total. The molecule has 0 amide bonds. The van der Waals surface area contributed by atoms with Crippen LogP contribution < -0.4 is 19.1 Å². The number of anilines is 1. The van der Waals surface area contributed by atoms with E-state index < -0.39 is 0 Å². The second-order valence-electron chi connectivity index (χ2n) is 5.50. The van der Waals surface area contributed by atoms with Gasteiger partial charge in [0.1, 0.15) is 5.82 Å². The highest BCUT2D eigenvalue weighted by molar-refractivity contribution is 5.54. The van der Waals surface area contributed by atoms with Crippen molar-refractivity contribution in [3.8, 4) is 17.2 Å². The predicted octanol–water partition coefficient (Wildman–Crippen LogP) is 3.91. The van der Waals surface area contributed by atoms with E-state index in [0.29, 0.717) is 17.2 Å². The first-order chi connectivity index (χ1) is 11.7. The molecule has 0 fully saturated rings. The summed E-state index contributed by atoms with van der Waals surface area (Å²) in [6.07, 6.45) is 4.07. The fourth-order valence-corrected chi connectivity index (χ4v) is 2.61. The number of benzene rings is 1. The van der Waals surface area contributed by atoms with Crippen LogP contribution in [0, 0.1) is 0 Å². The molecule has 1 heterocycles. The summed E-state index contributed by atoms with van der Waals surface area (Å²) in [6.45, 7) is 3.87. The van der Waals surface area contributed by atoms with Gasteiger partial charge < -0.3 is 19.1 Å². The van der Waals surface area contributed by atoms with Gasteiger partial charge in [-0.1, -0.05) is 19.4 Å². The van der Waals surface area contributed by atoms with Crippen molar-refractivity contribution in [3.05, 3.63) is 42.1 Å². The normalized spacial score (nSPS) is 10.3. The maximum Gasteiger partial charge on any atom is 0.203 e. The Morgan fingerprint density at radius 3 is 2.21 bits per heavy atom. The van der Waals surface area contributed by atoms with Gasteiger partial charge in [-0.3, -0.25) is 0 Å². The number of rotatable bonds is 9. The van der Waals surface area contributed by atoms with Gasteiger partial charge in [0.2, 0.25) is 5.75 Å². The average molecular weight is 330 g/mol. The number of unbranched alkanes of at least 4 members (excludes halogenated alkanes) is 1. The molecule has 0 unspecified atom stereocenters. The molecule has 2 aromatic rings. The molecule has 0 aliphatic carbocycles. The minimum absolute atomic E-state index is 0.613. The van der Waals surface area contributed by atoms with Gasteiger partial charge in [0.25, 0.3) is 0 Å². The smallest absolute Gasteiger partial charge is 0.203 e.